The summed E-state index contributed by atoms with van der Waals surface area (Å²) in [5, 5.41) is 9.81. The van der Waals surface area contributed by atoms with Crippen LogP contribution in [0.3, 0.4) is 0 Å². The van der Waals surface area contributed by atoms with Gasteiger partial charge in [0.05, 0.1) is 17.6 Å². The highest BCUT2D eigenvalue weighted by molar-refractivity contribution is 6.01. The number of halogens is 3. The average Bonchev–Trinajstić information content (AvgIpc) is 2.69. The van der Waals surface area contributed by atoms with E-state index in [0.717, 1.165) is 17.0 Å². The molecule has 1 aliphatic heterocycles. The van der Waals surface area contributed by atoms with Crippen LogP contribution in [-0.2, 0) is 4.79 Å². The van der Waals surface area contributed by atoms with Crippen LogP contribution in [0.2, 0.25) is 0 Å². The van der Waals surface area contributed by atoms with Gasteiger partial charge in [-0.25, -0.2) is 13.2 Å². The third kappa shape index (κ3) is 2.88. The zero-order valence-electron chi connectivity index (χ0n) is 15.3. The van der Waals surface area contributed by atoms with Crippen LogP contribution in [0.5, 0.6) is 0 Å². The summed E-state index contributed by atoms with van der Waals surface area (Å²) in [6.07, 6.45) is 0.985. The van der Waals surface area contributed by atoms with Gasteiger partial charge in [-0.3, -0.25) is 9.69 Å². The van der Waals surface area contributed by atoms with Crippen LogP contribution >= 0.6 is 0 Å². The van der Waals surface area contributed by atoms with Crippen molar-refractivity contribution in [3.63, 3.8) is 0 Å². The molecule has 1 atom stereocenters. The molecule has 2 aromatic rings. The number of hydrogen-bond acceptors (Lipinski definition) is 4. The quantitative estimate of drug-likeness (QED) is 0.818. The smallest absolute Gasteiger partial charge is 0.161 e. The summed E-state index contributed by atoms with van der Waals surface area (Å²) in [7, 11) is 0. The molecular formula is C22H16F3N3O. The minimum Gasteiger partial charge on any atom is -0.384 e. The van der Waals surface area contributed by atoms with E-state index in [1.54, 1.807) is 6.07 Å². The Morgan fingerprint density at radius 1 is 1.00 bits per heavy atom. The second-order valence-corrected chi connectivity index (χ2v) is 6.91. The molecule has 1 unspecified atom stereocenters. The van der Waals surface area contributed by atoms with Crippen molar-refractivity contribution in [1.29, 1.82) is 5.26 Å². The first kappa shape index (κ1) is 18.8. The molecule has 0 spiro atoms. The van der Waals surface area contributed by atoms with E-state index in [1.807, 2.05) is 6.07 Å². The number of carbonyl (C=O) groups is 1. The molecule has 0 saturated heterocycles. The number of rotatable bonds is 2. The molecule has 2 aromatic carbocycles. The molecule has 0 saturated carbocycles. The number of nitrogens with two attached hydrogens (primary N) is 1. The molecule has 146 valence electrons. The number of nitriles is 1. The summed E-state index contributed by atoms with van der Waals surface area (Å²) in [6.45, 7) is 0. The predicted octanol–water partition coefficient (Wildman–Crippen LogP) is 4.41. The summed E-state index contributed by atoms with van der Waals surface area (Å²) in [6, 6.07) is 11.1. The highest BCUT2D eigenvalue weighted by Crippen LogP contribution is 2.47. The van der Waals surface area contributed by atoms with Crippen molar-refractivity contribution in [1.82, 2.24) is 0 Å². The molecule has 0 bridgehead atoms. The molecule has 4 nitrogen and oxygen atoms in total. The van der Waals surface area contributed by atoms with Crippen LogP contribution < -0.4 is 10.6 Å². The van der Waals surface area contributed by atoms with Gasteiger partial charge in [0, 0.05) is 23.3 Å². The molecule has 0 fully saturated rings. The van der Waals surface area contributed by atoms with Gasteiger partial charge in [-0.05, 0) is 31.0 Å². The molecule has 29 heavy (non-hydrogen) atoms. The number of benzene rings is 2. The largest absolute Gasteiger partial charge is 0.384 e. The number of nitrogens with zero attached hydrogens (tertiary/aromatic N) is 2. The monoisotopic (exact) mass is 395 g/mol. The van der Waals surface area contributed by atoms with Gasteiger partial charge >= 0.3 is 0 Å². The van der Waals surface area contributed by atoms with E-state index in [-0.39, 0.29) is 34.7 Å². The third-order valence-electron chi connectivity index (χ3n) is 5.29. The van der Waals surface area contributed by atoms with Crippen molar-refractivity contribution in [2.45, 2.75) is 25.2 Å². The predicted molar refractivity (Wildman–Crippen MR) is 101 cm³/mol. The molecule has 4 rings (SSSR count). The van der Waals surface area contributed by atoms with E-state index in [9.17, 15) is 23.2 Å². The lowest BCUT2D eigenvalue weighted by atomic mass is 9.75. The van der Waals surface area contributed by atoms with Crippen LogP contribution in [0, 0.1) is 28.8 Å². The second kappa shape index (κ2) is 7.13. The average molecular weight is 395 g/mol. The van der Waals surface area contributed by atoms with Crippen molar-refractivity contribution in [3.05, 3.63) is 88.1 Å². The summed E-state index contributed by atoms with van der Waals surface area (Å²) in [5.74, 6) is -3.86. The maximum Gasteiger partial charge on any atom is 0.161 e. The van der Waals surface area contributed by atoms with Crippen molar-refractivity contribution < 1.29 is 18.0 Å². The van der Waals surface area contributed by atoms with E-state index < -0.39 is 29.1 Å². The van der Waals surface area contributed by atoms with E-state index in [2.05, 4.69) is 0 Å². The normalized spacial score (nSPS) is 19.3. The van der Waals surface area contributed by atoms with Crippen molar-refractivity contribution in [2.24, 2.45) is 5.73 Å². The minimum atomic E-state index is -1.02. The first-order valence-corrected chi connectivity index (χ1v) is 9.10. The lowest BCUT2D eigenvalue weighted by Gasteiger charge is -2.39. The van der Waals surface area contributed by atoms with Crippen LogP contribution in [0.25, 0.3) is 0 Å². The Morgan fingerprint density at radius 3 is 2.31 bits per heavy atom. The lowest BCUT2D eigenvalue weighted by molar-refractivity contribution is -0.116. The fraction of sp³-hybridized carbons (Fsp3) is 0.182. The molecule has 1 heterocycles. The molecule has 0 aromatic heterocycles. The Balaban J connectivity index is 2.04. The topological polar surface area (TPSA) is 70.1 Å². The van der Waals surface area contributed by atoms with E-state index >= 15 is 0 Å². The van der Waals surface area contributed by atoms with Crippen LogP contribution in [0.15, 0.2) is 65.1 Å². The molecule has 1 aliphatic carbocycles. The zero-order chi connectivity index (χ0) is 20.7. The maximum atomic E-state index is 14.6. The van der Waals surface area contributed by atoms with Gasteiger partial charge in [-0.15, -0.1) is 0 Å². The maximum absolute atomic E-state index is 14.6. The van der Waals surface area contributed by atoms with Crippen molar-refractivity contribution >= 4 is 11.5 Å². The van der Waals surface area contributed by atoms with Gasteiger partial charge in [0.2, 0.25) is 0 Å². The van der Waals surface area contributed by atoms with Crippen molar-refractivity contribution in [3.8, 4) is 6.07 Å². The fourth-order valence-corrected chi connectivity index (χ4v) is 4.06. The van der Waals surface area contributed by atoms with Crippen molar-refractivity contribution in [2.75, 3.05) is 4.90 Å². The minimum absolute atomic E-state index is 0.119. The Kier molecular flexibility index (Phi) is 4.63. The summed E-state index contributed by atoms with van der Waals surface area (Å²) in [5.41, 5.74) is 6.24. The molecule has 0 radical (unpaired) electrons. The number of allylic oxidation sites excluding steroid dienone is 3. The van der Waals surface area contributed by atoms with Crippen LogP contribution in [0.1, 0.15) is 30.7 Å². The van der Waals surface area contributed by atoms with Gasteiger partial charge in [0.15, 0.2) is 5.78 Å². The molecule has 0 amide bonds. The number of Topliss-reactive ketones (excluding diaryl/α,β-unsaturated/α-hetero) is 1. The number of ketones is 1. The molecule has 2 N–H and O–H groups in total. The van der Waals surface area contributed by atoms with Gasteiger partial charge in [0.25, 0.3) is 0 Å². The highest BCUT2D eigenvalue weighted by Gasteiger charge is 2.42. The SMILES string of the molecule is N#CC1=C(N)N(c2c(F)cccc2F)C2=C(C(=O)CCC2)C1c1ccccc1F. The molecule has 7 heteroatoms. The fourth-order valence-electron chi connectivity index (χ4n) is 4.06. The number of anilines is 1. The van der Waals surface area contributed by atoms with Gasteiger partial charge < -0.3 is 5.73 Å². The summed E-state index contributed by atoms with van der Waals surface area (Å²) < 4.78 is 43.7. The first-order valence-electron chi connectivity index (χ1n) is 9.10. The standard InChI is InChI=1S/C22H16F3N3O/c23-14-6-2-1-5-12(14)19-13(11-26)22(27)28(17-9-4-10-18(29)20(17)19)21-15(24)7-3-8-16(21)25/h1-3,5-8,19H,4,9-10,27H2. The molecular weight excluding hydrogens is 379 g/mol. The number of carbonyl (C=O) groups excluding carboxylic acids is 1. The second-order valence-electron chi connectivity index (χ2n) is 6.91. The van der Waals surface area contributed by atoms with E-state index in [1.165, 1.54) is 24.3 Å². The summed E-state index contributed by atoms with van der Waals surface area (Å²) in [4.78, 5) is 14.0. The molecule has 2 aliphatic rings. The van der Waals surface area contributed by atoms with Crippen LogP contribution in [0.4, 0.5) is 18.9 Å². The highest BCUT2D eigenvalue weighted by atomic mass is 19.1. The lowest BCUT2D eigenvalue weighted by Crippen LogP contribution is -2.39. The Hall–Kier alpha value is -3.53. The number of hydrogen-bond donors (Lipinski definition) is 1. The van der Waals surface area contributed by atoms with Gasteiger partial charge in [-0.2, -0.15) is 5.26 Å². The Morgan fingerprint density at radius 2 is 1.66 bits per heavy atom. The van der Waals surface area contributed by atoms with E-state index in [4.69, 9.17) is 5.73 Å². The Bertz CT molecular complexity index is 1110. The van der Waals surface area contributed by atoms with E-state index in [0.29, 0.717) is 18.5 Å². The first-order chi connectivity index (χ1) is 14.0. The third-order valence-corrected chi connectivity index (χ3v) is 5.29. The van der Waals surface area contributed by atoms with Crippen LogP contribution in [-0.4, -0.2) is 5.78 Å². The van der Waals surface area contributed by atoms with Gasteiger partial charge in [0.1, 0.15) is 29.0 Å². The van der Waals surface area contributed by atoms with Gasteiger partial charge in [-0.1, -0.05) is 24.3 Å². The summed E-state index contributed by atoms with van der Waals surface area (Å²) >= 11 is 0. The number of para-hydroxylation sites is 1. The zero-order valence-corrected chi connectivity index (χ0v) is 15.3. The Labute approximate surface area is 165 Å².